The van der Waals surface area contributed by atoms with Gasteiger partial charge in [-0.2, -0.15) is 17.4 Å². The van der Waals surface area contributed by atoms with Crippen molar-refractivity contribution in [3.63, 3.8) is 0 Å². The zero-order valence-corrected chi connectivity index (χ0v) is 12.1. The van der Waals surface area contributed by atoms with Gasteiger partial charge in [-0.3, -0.25) is 19.7 Å². The SMILES string of the molecule is O=C1CCC(NS(=O)(=O)N2CCC(C(=O)O)CC2)C(=O)N1. The summed E-state index contributed by atoms with van der Waals surface area (Å²) in [5, 5.41) is 11.0. The third kappa shape index (κ3) is 3.77. The Morgan fingerprint density at radius 3 is 2.38 bits per heavy atom. The van der Waals surface area contributed by atoms with E-state index in [0.717, 1.165) is 4.31 Å². The zero-order chi connectivity index (χ0) is 15.6. The van der Waals surface area contributed by atoms with Gasteiger partial charge in [-0.15, -0.1) is 0 Å². The maximum absolute atomic E-state index is 12.2. The largest absolute Gasteiger partial charge is 0.481 e. The molecule has 0 aromatic heterocycles. The Morgan fingerprint density at radius 2 is 1.86 bits per heavy atom. The summed E-state index contributed by atoms with van der Waals surface area (Å²) in [5.41, 5.74) is 0. The van der Waals surface area contributed by atoms with E-state index in [1.165, 1.54) is 0 Å². The summed E-state index contributed by atoms with van der Waals surface area (Å²) in [6.07, 6.45) is 0.687. The van der Waals surface area contributed by atoms with Crippen LogP contribution < -0.4 is 10.0 Å². The number of imide groups is 1. The third-order valence-electron chi connectivity index (χ3n) is 3.67. The molecular weight excluding hydrogens is 302 g/mol. The Morgan fingerprint density at radius 1 is 1.24 bits per heavy atom. The van der Waals surface area contributed by atoms with Gasteiger partial charge in [0.1, 0.15) is 6.04 Å². The quantitative estimate of drug-likeness (QED) is 0.536. The highest BCUT2D eigenvalue weighted by molar-refractivity contribution is 7.87. The van der Waals surface area contributed by atoms with E-state index >= 15 is 0 Å². The van der Waals surface area contributed by atoms with Crippen molar-refractivity contribution in [3.05, 3.63) is 0 Å². The van der Waals surface area contributed by atoms with Gasteiger partial charge in [0.05, 0.1) is 5.92 Å². The Bertz CT molecular complexity index is 552. The fourth-order valence-electron chi connectivity index (χ4n) is 2.40. The van der Waals surface area contributed by atoms with Crippen LogP contribution in [0, 0.1) is 5.92 Å². The lowest BCUT2D eigenvalue weighted by Gasteiger charge is -2.31. The number of nitrogens with one attached hydrogen (secondary N) is 2. The summed E-state index contributed by atoms with van der Waals surface area (Å²) in [5.74, 6) is -2.54. The minimum atomic E-state index is -3.86. The fraction of sp³-hybridized carbons (Fsp3) is 0.727. The van der Waals surface area contributed by atoms with Gasteiger partial charge in [0, 0.05) is 19.5 Å². The molecule has 0 saturated carbocycles. The van der Waals surface area contributed by atoms with Crippen LogP contribution >= 0.6 is 0 Å². The molecule has 0 aromatic carbocycles. The molecule has 2 heterocycles. The number of hydrogen-bond acceptors (Lipinski definition) is 5. The Hall–Kier alpha value is -1.52. The van der Waals surface area contributed by atoms with Crippen molar-refractivity contribution in [2.24, 2.45) is 5.92 Å². The summed E-state index contributed by atoms with van der Waals surface area (Å²) >= 11 is 0. The van der Waals surface area contributed by atoms with E-state index in [1.54, 1.807) is 0 Å². The molecule has 21 heavy (non-hydrogen) atoms. The minimum Gasteiger partial charge on any atom is -0.481 e. The second kappa shape index (κ2) is 6.08. The van der Waals surface area contributed by atoms with Crippen molar-refractivity contribution in [2.45, 2.75) is 31.7 Å². The molecular formula is C11H17N3O6S. The van der Waals surface area contributed by atoms with Crippen LogP contribution in [0.3, 0.4) is 0 Å². The van der Waals surface area contributed by atoms with Crippen LogP contribution in [0.1, 0.15) is 25.7 Å². The molecule has 0 bridgehead atoms. The van der Waals surface area contributed by atoms with Gasteiger partial charge >= 0.3 is 5.97 Å². The molecule has 9 nitrogen and oxygen atoms in total. The van der Waals surface area contributed by atoms with E-state index in [0.29, 0.717) is 0 Å². The highest BCUT2D eigenvalue weighted by Crippen LogP contribution is 2.19. The van der Waals surface area contributed by atoms with Gasteiger partial charge in [-0.25, -0.2) is 0 Å². The number of carboxylic acids is 1. The summed E-state index contributed by atoms with van der Waals surface area (Å²) in [6.45, 7) is 0.194. The van der Waals surface area contributed by atoms with Crippen molar-refractivity contribution in [2.75, 3.05) is 13.1 Å². The molecule has 2 fully saturated rings. The summed E-state index contributed by atoms with van der Waals surface area (Å²) < 4.78 is 27.7. The minimum absolute atomic E-state index is 0.0833. The monoisotopic (exact) mass is 319 g/mol. The van der Waals surface area contributed by atoms with Crippen molar-refractivity contribution in [1.82, 2.24) is 14.3 Å². The number of carbonyl (C=O) groups excluding carboxylic acids is 2. The van der Waals surface area contributed by atoms with Crippen LogP contribution in [0.4, 0.5) is 0 Å². The number of carbonyl (C=O) groups is 3. The second-order valence-corrected chi connectivity index (χ2v) is 6.84. The smallest absolute Gasteiger partial charge is 0.306 e. The van der Waals surface area contributed by atoms with E-state index in [1.807, 2.05) is 0 Å². The highest BCUT2D eigenvalue weighted by Gasteiger charge is 2.35. The predicted molar refractivity (Wildman–Crippen MR) is 70.2 cm³/mol. The standard InChI is InChI=1S/C11H17N3O6S/c15-9-2-1-8(10(16)12-9)13-21(19,20)14-5-3-7(4-6-14)11(17)18/h7-8,13H,1-6H2,(H,17,18)(H,12,15,16). The number of amides is 2. The molecule has 2 saturated heterocycles. The lowest BCUT2D eigenvalue weighted by atomic mass is 9.99. The Kier molecular flexibility index (Phi) is 4.59. The van der Waals surface area contributed by atoms with Gasteiger partial charge in [0.25, 0.3) is 10.2 Å². The maximum Gasteiger partial charge on any atom is 0.306 e. The average Bonchev–Trinajstić information content (AvgIpc) is 2.42. The molecule has 0 radical (unpaired) electrons. The van der Waals surface area contributed by atoms with Crippen molar-refractivity contribution < 1.29 is 27.9 Å². The molecule has 10 heteroatoms. The fourth-order valence-corrected chi connectivity index (χ4v) is 3.83. The van der Waals surface area contributed by atoms with Gasteiger partial charge in [0.15, 0.2) is 0 Å². The molecule has 0 aromatic rings. The van der Waals surface area contributed by atoms with Crippen LogP contribution in [-0.4, -0.2) is 54.7 Å². The van der Waals surface area contributed by atoms with Crippen LogP contribution in [0.2, 0.25) is 0 Å². The predicted octanol–water partition coefficient (Wildman–Crippen LogP) is -1.58. The number of hydrogen-bond donors (Lipinski definition) is 3. The molecule has 2 aliphatic rings. The van der Waals surface area contributed by atoms with Gasteiger partial charge < -0.3 is 5.11 Å². The lowest BCUT2D eigenvalue weighted by Crippen LogP contribution is -2.56. The van der Waals surface area contributed by atoms with Gasteiger partial charge in [0.2, 0.25) is 11.8 Å². The first-order valence-electron chi connectivity index (χ1n) is 6.63. The number of nitrogens with zero attached hydrogens (tertiary/aromatic N) is 1. The summed E-state index contributed by atoms with van der Waals surface area (Å²) in [4.78, 5) is 33.4. The lowest BCUT2D eigenvalue weighted by molar-refractivity contribution is -0.143. The number of carboxylic acid groups (broad SMARTS) is 1. The van der Waals surface area contributed by atoms with E-state index in [4.69, 9.17) is 5.11 Å². The molecule has 2 rings (SSSR count). The van der Waals surface area contributed by atoms with Crippen molar-refractivity contribution in [1.29, 1.82) is 0 Å². The van der Waals surface area contributed by atoms with E-state index < -0.39 is 40.0 Å². The summed E-state index contributed by atoms with van der Waals surface area (Å²) in [7, 11) is -3.86. The van der Waals surface area contributed by atoms with Crippen LogP contribution in [0.25, 0.3) is 0 Å². The second-order valence-electron chi connectivity index (χ2n) is 5.14. The molecule has 2 amide bonds. The van der Waals surface area contributed by atoms with Crippen LogP contribution in [0.5, 0.6) is 0 Å². The topological polar surface area (TPSA) is 133 Å². The Labute approximate surface area is 121 Å². The molecule has 0 aliphatic carbocycles. The molecule has 1 atom stereocenters. The van der Waals surface area contributed by atoms with Gasteiger partial charge in [-0.1, -0.05) is 0 Å². The molecule has 3 N–H and O–H groups in total. The Balaban J connectivity index is 1.95. The zero-order valence-electron chi connectivity index (χ0n) is 11.2. The number of aliphatic carboxylic acids is 1. The first-order valence-corrected chi connectivity index (χ1v) is 8.07. The normalized spacial score (nSPS) is 25.6. The first-order chi connectivity index (χ1) is 9.79. The van der Waals surface area contributed by atoms with E-state index in [-0.39, 0.29) is 38.8 Å². The third-order valence-corrected chi connectivity index (χ3v) is 5.30. The summed E-state index contributed by atoms with van der Waals surface area (Å²) in [6, 6.07) is -0.968. The van der Waals surface area contributed by atoms with Crippen molar-refractivity contribution >= 4 is 28.0 Å². The maximum atomic E-state index is 12.2. The van der Waals surface area contributed by atoms with Crippen LogP contribution in [-0.2, 0) is 24.6 Å². The molecule has 2 aliphatic heterocycles. The molecule has 0 spiro atoms. The van der Waals surface area contributed by atoms with Crippen molar-refractivity contribution in [3.8, 4) is 0 Å². The van der Waals surface area contributed by atoms with Gasteiger partial charge in [-0.05, 0) is 19.3 Å². The highest BCUT2D eigenvalue weighted by atomic mass is 32.2. The number of rotatable bonds is 4. The van der Waals surface area contributed by atoms with E-state index in [2.05, 4.69) is 10.0 Å². The number of piperidine rings is 2. The van der Waals surface area contributed by atoms with Crippen LogP contribution in [0.15, 0.2) is 0 Å². The first kappa shape index (κ1) is 15.9. The average molecular weight is 319 g/mol. The molecule has 118 valence electrons. The van der Waals surface area contributed by atoms with E-state index in [9.17, 15) is 22.8 Å². The molecule has 1 unspecified atom stereocenters.